The molecule has 1 saturated carbocycles. The summed E-state index contributed by atoms with van der Waals surface area (Å²) in [6, 6.07) is 0. The number of aliphatic hydroxyl groups is 2. The van der Waals surface area contributed by atoms with Gasteiger partial charge in [0.15, 0.2) is 0 Å². The first-order chi connectivity index (χ1) is 9.12. The van der Waals surface area contributed by atoms with Crippen molar-refractivity contribution in [2.75, 3.05) is 13.2 Å². The Morgan fingerprint density at radius 3 is 2.58 bits per heavy atom. The molecule has 0 bridgehead atoms. The van der Waals surface area contributed by atoms with Crippen molar-refractivity contribution < 1.29 is 15.0 Å². The largest absolute Gasteiger partial charge is 0.394 e. The zero-order valence-electron chi connectivity index (χ0n) is 11.7. The first-order valence-electron chi connectivity index (χ1n) is 7.31. The number of hydrogen-bond acceptors (Lipinski definition) is 3. The first kappa shape index (κ1) is 16.2. The van der Waals surface area contributed by atoms with Gasteiger partial charge in [0, 0.05) is 6.54 Å². The maximum atomic E-state index is 11.2. The van der Waals surface area contributed by atoms with E-state index < -0.39 is 6.10 Å². The molecule has 1 aliphatic carbocycles. The number of nitrogens with one attached hydrogen (secondary N) is 1. The summed E-state index contributed by atoms with van der Waals surface area (Å²) in [5.74, 6) is -0.124. The van der Waals surface area contributed by atoms with Crippen molar-refractivity contribution in [2.24, 2.45) is 5.41 Å². The smallest absolute Gasteiger partial charge is 0.243 e. The lowest BCUT2D eigenvalue weighted by Gasteiger charge is -2.38. The summed E-state index contributed by atoms with van der Waals surface area (Å²) in [5.41, 5.74) is 0.225. The molecule has 4 nitrogen and oxygen atoms in total. The van der Waals surface area contributed by atoms with E-state index in [-0.39, 0.29) is 17.9 Å². The zero-order chi connectivity index (χ0) is 14.1. The Balaban J connectivity index is 2.44. The van der Waals surface area contributed by atoms with Crippen molar-refractivity contribution in [2.45, 2.75) is 57.5 Å². The third kappa shape index (κ3) is 5.74. The van der Waals surface area contributed by atoms with Gasteiger partial charge in [0.25, 0.3) is 0 Å². The predicted molar refractivity (Wildman–Crippen MR) is 75.7 cm³/mol. The Morgan fingerprint density at radius 2 is 2.00 bits per heavy atom. The third-order valence-corrected chi connectivity index (χ3v) is 4.27. The van der Waals surface area contributed by atoms with Crippen LogP contribution in [0.1, 0.15) is 51.4 Å². The molecule has 1 atom stereocenters. The molecule has 0 aliphatic heterocycles. The quantitative estimate of drug-likeness (QED) is 0.588. The Hall–Kier alpha value is -0.870. The second-order valence-electron chi connectivity index (χ2n) is 5.68. The van der Waals surface area contributed by atoms with E-state index >= 15 is 0 Å². The van der Waals surface area contributed by atoms with Crippen LogP contribution in [-0.2, 0) is 4.79 Å². The van der Waals surface area contributed by atoms with Gasteiger partial charge in [0.2, 0.25) is 5.91 Å². The minimum Gasteiger partial charge on any atom is -0.394 e. The lowest BCUT2D eigenvalue weighted by Crippen LogP contribution is -2.32. The predicted octanol–water partition coefficient (Wildman–Crippen LogP) is 1.76. The number of carbonyl (C=O) groups excluding carboxylic acids is 1. The van der Waals surface area contributed by atoms with E-state index in [1.165, 1.54) is 25.3 Å². The molecule has 1 unspecified atom stereocenters. The van der Waals surface area contributed by atoms with Crippen molar-refractivity contribution in [1.29, 1.82) is 0 Å². The average molecular weight is 269 g/mol. The average Bonchev–Trinajstić information content (AvgIpc) is 2.45. The fraction of sp³-hybridized carbons (Fsp3) is 0.800. The van der Waals surface area contributed by atoms with E-state index in [4.69, 9.17) is 5.11 Å². The summed E-state index contributed by atoms with van der Waals surface area (Å²) in [7, 11) is 0. The van der Waals surface area contributed by atoms with Gasteiger partial charge < -0.3 is 15.5 Å². The molecule has 0 heterocycles. The molecule has 0 aromatic carbocycles. The van der Waals surface area contributed by atoms with E-state index in [1.807, 2.05) is 0 Å². The van der Waals surface area contributed by atoms with Crippen LogP contribution in [0.25, 0.3) is 0 Å². The van der Waals surface area contributed by atoms with Crippen molar-refractivity contribution in [1.82, 2.24) is 5.32 Å². The molecule has 0 aromatic rings. The molecule has 0 aromatic heterocycles. The summed E-state index contributed by atoms with van der Waals surface area (Å²) < 4.78 is 0. The van der Waals surface area contributed by atoms with Gasteiger partial charge in [-0.1, -0.05) is 25.8 Å². The van der Waals surface area contributed by atoms with Crippen molar-refractivity contribution in [3.05, 3.63) is 12.7 Å². The van der Waals surface area contributed by atoms with Gasteiger partial charge in [-0.2, -0.15) is 0 Å². The molecule has 110 valence electrons. The third-order valence-electron chi connectivity index (χ3n) is 4.27. The van der Waals surface area contributed by atoms with Gasteiger partial charge in [-0.25, -0.2) is 0 Å². The topological polar surface area (TPSA) is 69.6 Å². The number of carbonyl (C=O) groups is 1. The van der Waals surface area contributed by atoms with E-state index in [0.29, 0.717) is 13.0 Å². The van der Waals surface area contributed by atoms with Crippen LogP contribution >= 0.6 is 0 Å². The van der Waals surface area contributed by atoms with E-state index in [9.17, 15) is 9.90 Å². The van der Waals surface area contributed by atoms with Gasteiger partial charge in [-0.15, -0.1) is 0 Å². The van der Waals surface area contributed by atoms with Crippen LogP contribution in [-0.4, -0.2) is 35.4 Å². The minimum absolute atomic E-state index is 0.124. The zero-order valence-corrected chi connectivity index (χ0v) is 11.7. The highest BCUT2D eigenvalue weighted by molar-refractivity contribution is 5.86. The highest BCUT2D eigenvalue weighted by atomic mass is 16.3. The van der Waals surface area contributed by atoms with Crippen molar-refractivity contribution in [3.8, 4) is 0 Å². The Bertz CT molecular complexity index is 285. The minimum atomic E-state index is -0.610. The van der Waals surface area contributed by atoms with E-state index in [1.54, 1.807) is 0 Å². The molecule has 0 spiro atoms. The first-order valence-corrected chi connectivity index (χ1v) is 7.31. The van der Waals surface area contributed by atoms with Crippen molar-refractivity contribution in [3.63, 3.8) is 0 Å². The lowest BCUT2D eigenvalue weighted by molar-refractivity contribution is -0.116. The van der Waals surface area contributed by atoms with Gasteiger partial charge in [-0.3, -0.25) is 4.79 Å². The highest BCUT2D eigenvalue weighted by Crippen LogP contribution is 2.43. The number of rotatable bonds is 8. The van der Waals surface area contributed by atoms with Gasteiger partial charge in [0.05, 0.1) is 12.7 Å². The second-order valence-corrected chi connectivity index (χ2v) is 5.68. The maximum absolute atomic E-state index is 11.2. The summed E-state index contributed by atoms with van der Waals surface area (Å²) >= 11 is 0. The van der Waals surface area contributed by atoms with Crippen molar-refractivity contribution >= 4 is 5.91 Å². The molecule has 1 aliphatic rings. The molecule has 19 heavy (non-hydrogen) atoms. The van der Waals surface area contributed by atoms with Crippen LogP contribution in [0, 0.1) is 5.41 Å². The summed E-state index contributed by atoms with van der Waals surface area (Å²) in [6.45, 7) is 3.94. The van der Waals surface area contributed by atoms with E-state index in [0.717, 1.165) is 25.7 Å². The Labute approximate surface area is 115 Å². The van der Waals surface area contributed by atoms with Crippen LogP contribution in [0.5, 0.6) is 0 Å². The molecule has 0 saturated heterocycles. The monoisotopic (exact) mass is 269 g/mol. The molecule has 1 rings (SSSR count). The second kappa shape index (κ2) is 8.33. The van der Waals surface area contributed by atoms with Crippen LogP contribution < -0.4 is 5.32 Å². The Kier molecular flexibility index (Phi) is 7.10. The molecular weight excluding hydrogens is 242 g/mol. The summed E-state index contributed by atoms with van der Waals surface area (Å²) in [6.07, 6.45) is 9.27. The Morgan fingerprint density at radius 1 is 1.32 bits per heavy atom. The molecule has 1 fully saturated rings. The number of aliphatic hydroxyl groups excluding tert-OH is 2. The highest BCUT2D eigenvalue weighted by Gasteiger charge is 2.31. The molecule has 4 heteroatoms. The molecule has 0 radical (unpaired) electrons. The SMILES string of the molecule is C=CC(=O)NCCC1(CCC(O)CO)CCCCC1. The van der Waals surface area contributed by atoms with Gasteiger partial charge in [0.1, 0.15) is 0 Å². The van der Waals surface area contributed by atoms with Crippen LogP contribution in [0.15, 0.2) is 12.7 Å². The van der Waals surface area contributed by atoms with Gasteiger partial charge in [-0.05, 0) is 43.6 Å². The maximum Gasteiger partial charge on any atom is 0.243 e. The van der Waals surface area contributed by atoms with Crippen LogP contribution in [0.4, 0.5) is 0 Å². The van der Waals surface area contributed by atoms with Crippen LogP contribution in [0.3, 0.4) is 0 Å². The summed E-state index contributed by atoms with van der Waals surface area (Å²) in [4.78, 5) is 11.2. The molecule has 1 amide bonds. The number of hydrogen-bond donors (Lipinski definition) is 3. The fourth-order valence-electron chi connectivity index (χ4n) is 3.01. The molecular formula is C15H27NO3. The summed E-state index contributed by atoms with van der Waals surface area (Å²) in [5, 5.41) is 21.3. The lowest BCUT2D eigenvalue weighted by atomic mass is 9.68. The fourth-order valence-corrected chi connectivity index (χ4v) is 3.01. The standard InChI is InChI=1S/C15H27NO3/c1-2-14(19)16-11-10-15(7-4-3-5-8-15)9-6-13(18)12-17/h2,13,17-18H,1,3-12H2,(H,16,19). The normalized spacial score (nSPS) is 19.7. The van der Waals surface area contributed by atoms with Gasteiger partial charge >= 0.3 is 0 Å². The van der Waals surface area contributed by atoms with E-state index in [2.05, 4.69) is 11.9 Å². The van der Waals surface area contributed by atoms with Crippen LogP contribution in [0.2, 0.25) is 0 Å². The molecule has 3 N–H and O–H groups in total. The number of amides is 1.